The predicted octanol–water partition coefficient (Wildman–Crippen LogP) is 2.06. The highest BCUT2D eigenvalue weighted by Crippen LogP contribution is 2.11. The van der Waals surface area contributed by atoms with E-state index in [4.69, 9.17) is 4.74 Å². The van der Waals surface area contributed by atoms with Crippen LogP contribution in [0.3, 0.4) is 0 Å². The second-order valence-electron chi connectivity index (χ2n) is 4.03. The number of hydrogen-bond donors (Lipinski definition) is 0. The molecular weight excluding hydrogens is 261 g/mol. The molecule has 0 bridgehead atoms. The van der Waals surface area contributed by atoms with E-state index in [1.165, 1.54) is 29.5 Å². The van der Waals surface area contributed by atoms with Gasteiger partial charge in [-0.05, 0) is 30.7 Å². The summed E-state index contributed by atoms with van der Waals surface area (Å²) in [4.78, 5) is 15.7. The van der Waals surface area contributed by atoms with Crippen LogP contribution >= 0.6 is 0 Å². The van der Waals surface area contributed by atoms with Crippen LogP contribution in [0, 0.1) is 5.82 Å². The molecule has 0 radical (unpaired) electrons. The second kappa shape index (κ2) is 6.60. The normalized spacial score (nSPS) is 11.4. The Balaban J connectivity index is 2.25. The molecule has 0 spiro atoms. The van der Waals surface area contributed by atoms with E-state index in [1.807, 2.05) is 0 Å². The highest BCUT2D eigenvalue weighted by molar-refractivity contribution is 5.93. The van der Waals surface area contributed by atoms with Crippen molar-refractivity contribution in [2.24, 2.45) is 0 Å². The van der Waals surface area contributed by atoms with Crippen molar-refractivity contribution < 1.29 is 13.9 Å². The standard InChI is InChI=1S/C14H14FN3O2/c1-2-20-14(19)12(8-18-10-16-9-17-18)7-11-3-5-13(15)6-4-11/h3-7,9-10H,2,8H2,1H3/b12-7+. The molecule has 0 unspecified atom stereocenters. The first-order valence-corrected chi connectivity index (χ1v) is 6.14. The highest BCUT2D eigenvalue weighted by Gasteiger charge is 2.12. The summed E-state index contributed by atoms with van der Waals surface area (Å²) in [6, 6.07) is 5.86. The van der Waals surface area contributed by atoms with Crippen LogP contribution in [0.2, 0.25) is 0 Å². The van der Waals surface area contributed by atoms with Crippen LogP contribution in [0.1, 0.15) is 12.5 Å². The summed E-state index contributed by atoms with van der Waals surface area (Å²) in [6.07, 6.45) is 4.55. The summed E-state index contributed by atoms with van der Waals surface area (Å²) in [5, 5.41) is 3.95. The number of ether oxygens (including phenoxy) is 1. The maximum atomic E-state index is 12.9. The number of carbonyl (C=O) groups is 1. The molecule has 5 nitrogen and oxygen atoms in total. The Morgan fingerprint density at radius 2 is 2.15 bits per heavy atom. The number of nitrogens with zero attached hydrogens (tertiary/aromatic N) is 3. The first-order valence-electron chi connectivity index (χ1n) is 6.14. The van der Waals surface area contributed by atoms with Crippen LogP contribution in [0.15, 0.2) is 42.5 Å². The molecule has 0 amide bonds. The number of carbonyl (C=O) groups excluding carboxylic acids is 1. The molecule has 0 fully saturated rings. The number of rotatable bonds is 5. The fraction of sp³-hybridized carbons (Fsp3) is 0.214. The number of aromatic nitrogens is 3. The summed E-state index contributed by atoms with van der Waals surface area (Å²) in [5.74, 6) is -0.747. The minimum Gasteiger partial charge on any atom is -0.463 e. The van der Waals surface area contributed by atoms with E-state index in [2.05, 4.69) is 10.1 Å². The number of hydrogen-bond acceptors (Lipinski definition) is 4. The van der Waals surface area contributed by atoms with Crippen LogP contribution in [0.25, 0.3) is 6.08 Å². The molecule has 6 heteroatoms. The molecule has 0 atom stereocenters. The first-order chi connectivity index (χ1) is 9.69. The molecule has 0 aliphatic heterocycles. The largest absolute Gasteiger partial charge is 0.463 e. The van der Waals surface area contributed by atoms with Crippen LogP contribution < -0.4 is 0 Å². The average molecular weight is 275 g/mol. The van der Waals surface area contributed by atoms with Crippen molar-refractivity contribution in [1.29, 1.82) is 0 Å². The maximum Gasteiger partial charge on any atom is 0.335 e. The molecule has 1 aromatic carbocycles. The Hall–Kier alpha value is -2.50. The topological polar surface area (TPSA) is 57.0 Å². The zero-order chi connectivity index (χ0) is 14.4. The van der Waals surface area contributed by atoms with Gasteiger partial charge in [-0.15, -0.1) is 0 Å². The molecule has 0 saturated carbocycles. The number of esters is 1. The molecule has 20 heavy (non-hydrogen) atoms. The minimum atomic E-state index is -0.424. The molecule has 1 aromatic heterocycles. The third-order valence-electron chi connectivity index (χ3n) is 2.55. The lowest BCUT2D eigenvalue weighted by atomic mass is 10.1. The van der Waals surface area contributed by atoms with Gasteiger partial charge in [0.05, 0.1) is 18.7 Å². The van der Waals surface area contributed by atoms with Crippen molar-refractivity contribution in [2.75, 3.05) is 6.61 Å². The van der Waals surface area contributed by atoms with Crippen molar-refractivity contribution in [1.82, 2.24) is 14.8 Å². The molecule has 2 rings (SSSR count). The zero-order valence-corrected chi connectivity index (χ0v) is 11.0. The Labute approximate surface area is 115 Å². The quantitative estimate of drug-likeness (QED) is 0.619. The van der Waals surface area contributed by atoms with Gasteiger partial charge in [0.25, 0.3) is 0 Å². The van der Waals surface area contributed by atoms with E-state index < -0.39 is 5.97 Å². The molecule has 1 heterocycles. The van der Waals surface area contributed by atoms with Gasteiger partial charge in [0.15, 0.2) is 0 Å². The van der Waals surface area contributed by atoms with Crippen molar-refractivity contribution in [3.8, 4) is 0 Å². The third-order valence-corrected chi connectivity index (χ3v) is 2.55. The first kappa shape index (κ1) is 13.9. The van der Waals surface area contributed by atoms with Gasteiger partial charge in [0, 0.05) is 0 Å². The molecule has 0 saturated heterocycles. The van der Waals surface area contributed by atoms with Crippen LogP contribution in [0.5, 0.6) is 0 Å². The van der Waals surface area contributed by atoms with Crippen LogP contribution in [-0.2, 0) is 16.1 Å². The Morgan fingerprint density at radius 1 is 1.40 bits per heavy atom. The van der Waals surface area contributed by atoms with Gasteiger partial charge in [-0.2, -0.15) is 5.10 Å². The van der Waals surface area contributed by atoms with E-state index in [-0.39, 0.29) is 19.0 Å². The van der Waals surface area contributed by atoms with Gasteiger partial charge < -0.3 is 4.74 Å². The van der Waals surface area contributed by atoms with Gasteiger partial charge in [0.1, 0.15) is 18.5 Å². The van der Waals surface area contributed by atoms with Crippen LogP contribution in [0.4, 0.5) is 4.39 Å². The molecule has 2 aromatic rings. The minimum absolute atomic E-state index is 0.246. The van der Waals surface area contributed by atoms with Gasteiger partial charge in [-0.1, -0.05) is 12.1 Å². The number of halogens is 1. The summed E-state index contributed by atoms with van der Waals surface area (Å²) in [6.45, 7) is 2.27. The van der Waals surface area contributed by atoms with Crippen molar-refractivity contribution in [2.45, 2.75) is 13.5 Å². The van der Waals surface area contributed by atoms with Crippen LogP contribution in [-0.4, -0.2) is 27.3 Å². The van der Waals surface area contributed by atoms with Gasteiger partial charge in [0.2, 0.25) is 0 Å². The number of benzene rings is 1. The Morgan fingerprint density at radius 3 is 2.75 bits per heavy atom. The summed E-state index contributed by atoms with van der Waals surface area (Å²) < 4.78 is 19.4. The molecule has 0 N–H and O–H groups in total. The van der Waals surface area contributed by atoms with Gasteiger partial charge >= 0.3 is 5.97 Å². The zero-order valence-electron chi connectivity index (χ0n) is 11.0. The maximum absolute atomic E-state index is 12.9. The molecule has 0 aliphatic carbocycles. The van der Waals surface area contributed by atoms with Gasteiger partial charge in [-0.25, -0.2) is 18.9 Å². The fourth-order valence-corrected chi connectivity index (χ4v) is 1.64. The Bertz CT molecular complexity index is 591. The molecular formula is C14H14FN3O2. The second-order valence-corrected chi connectivity index (χ2v) is 4.03. The van der Waals surface area contributed by atoms with Crippen molar-refractivity contribution in [3.05, 3.63) is 53.9 Å². The SMILES string of the molecule is CCOC(=O)/C(=C/c1ccc(F)cc1)Cn1cncn1. The lowest BCUT2D eigenvalue weighted by molar-refractivity contribution is -0.138. The van der Waals surface area contributed by atoms with E-state index >= 15 is 0 Å². The van der Waals surface area contributed by atoms with Gasteiger partial charge in [-0.3, -0.25) is 0 Å². The van der Waals surface area contributed by atoms with E-state index in [1.54, 1.807) is 25.1 Å². The predicted molar refractivity (Wildman–Crippen MR) is 71.0 cm³/mol. The lowest BCUT2D eigenvalue weighted by Gasteiger charge is -2.07. The fourth-order valence-electron chi connectivity index (χ4n) is 1.64. The van der Waals surface area contributed by atoms with E-state index in [0.717, 1.165) is 5.56 Å². The smallest absolute Gasteiger partial charge is 0.335 e. The molecule has 0 aliphatic rings. The lowest BCUT2D eigenvalue weighted by Crippen LogP contribution is -2.13. The van der Waals surface area contributed by atoms with Crippen molar-refractivity contribution >= 4 is 12.0 Å². The monoisotopic (exact) mass is 275 g/mol. The summed E-state index contributed by atoms with van der Waals surface area (Å²) >= 11 is 0. The average Bonchev–Trinajstić information content (AvgIpc) is 2.94. The van der Waals surface area contributed by atoms with E-state index in [0.29, 0.717) is 5.57 Å². The third kappa shape index (κ3) is 3.74. The summed E-state index contributed by atoms with van der Waals surface area (Å²) in [5.41, 5.74) is 1.14. The highest BCUT2D eigenvalue weighted by atomic mass is 19.1. The summed E-state index contributed by atoms with van der Waals surface area (Å²) in [7, 11) is 0. The van der Waals surface area contributed by atoms with E-state index in [9.17, 15) is 9.18 Å². The Kier molecular flexibility index (Phi) is 4.60. The van der Waals surface area contributed by atoms with Crippen molar-refractivity contribution in [3.63, 3.8) is 0 Å². The molecule has 104 valence electrons.